The minimum atomic E-state index is -0.704. The van der Waals surface area contributed by atoms with Gasteiger partial charge in [0, 0.05) is 17.4 Å². The number of rotatable bonds is 3. The fourth-order valence-electron chi connectivity index (χ4n) is 2.67. The van der Waals surface area contributed by atoms with Crippen LogP contribution < -0.4 is 11.1 Å². The van der Waals surface area contributed by atoms with Crippen LogP contribution in [0.3, 0.4) is 0 Å². The van der Waals surface area contributed by atoms with Crippen LogP contribution in [-0.2, 0) is 4.79 Å². The summed E-state index contributed by atoms with van der Waals surface area (Å²) in [5, 5.41) is 9.77. The first-order valence-electron chi connectivity index (χ1n) is 6.88. The number of amides is 1. The molecule has 0 spiro atoms. The normalized spacial score (nSPS) is 17.1. The maximum Gasteiger partial charge on any atom is 0.244 e. The molecule has 0 atom stereocenters. The number of carbonyl (C=O) groups excluding carboxylic acids is 1. The number of carbonyl (C=O) groups is 1. The first-order valence-corrected chi connectivity index (χ1v) is 6.88. The second-order valence-electron chi connectivity index (χ2n) is 5.37. The van der Waals surface area contributed by atoms with E-state index in [1.54, 1.807) is 6.20 Å². The Kier molecular flexibility index (Phi) is 3.28. The predicted molar refractivity (Wildman–Crippen MR) is 78.0 cm³/mol. The van der Waals surface area contributed by atoms with Gasteiger partial charge in [0.2, 0.25) is 5.91 Å². The second-order valence-corrected chi connectivity index (χ2v) is 5.37. The standard InChI is InChI=1S/C15H18N4O/c16-15(7-1-2-8-15)14(20)18-12-5-3-4-11(10-12)13-6-9-17-19-13/h3-6,9-10H,1-2,7-8,16H2,(H,17,19)(H,18,20). The average Bonchev–Trinajstić information content (AvgIpc) is 3.11. The molecule has 1 amide bonds. The third-order valence-corrected chi connectivity index (χ3v) is 3.88. The summed E-state index contributed by atoms with van der Waals surface area (Å²) in [5.41, 5.74) is 8.12. The summed E-state index contributed by atoms with van der Waals surface area (Å²) in [6.45, 7) is 0. The van der Waals surface area contributed by atoms with Gasteiger partial charge in [-0.1, -0.05) is 25.0 Å². The SMILES string of the molecule is NC1(C(=O)Nc2cccc(-c3ccn[nH]3)c2)CCCC1. The molecule has 0 unspecified atom stereocenters. The van der Waals surface area contributed by atoms with E-state index in [2.05, 4.69) is 15.5 Å². The molecule has 3 rings (SSSR count). The number of aromatic nitrogens is 2. The Balaban J connectivity index is 1.78. The van der Waals surface area contributed by atoms with Gasteiger partial charge in [-0.15, -0.1) is 0 Å². The van der Waals surface area contributed by atoms with Crippen LogP contribution in [0.25, 0.3) is 11.3 Å². The van der Waals surface area contributed by atoms with E-state index in [9.17, 15) is 4.79 Å². The lowest BCUT2D eigenvalue weighted by atomic mass is 9.98. The molecular weight excluding hydrogens is 252 g/mol. The van der Waals surface area contributed by atoms with Gasteiger partial charge in [0.25, 0.3) is 0 Å². The Morgan fingerprint density at radius 1 is 1.30 bits per heavy atom. The molecule has 0 aliphatic heterocycles. The zero-order chi connectivity index (χ0) is 14.0. The van der Waals surface area contributed by atoms with Gasteiger partial charge in [-0.25, -0.2) is 0 Å². The van der Waals surface area contributed by atoms with Crippen LogP contribution >= 0.6 is 0 Å². The highest BCUT2D eigenvalue weighted by molar-refractivity contribution is 5.98. The Bertz CT molecular complexity index is 600. The molecule has 1 aliphatic carbocycles. The van der Waals surface area contributed by atoms with Crippen LogP contribution in [0.5, 0.6) is 0 Å². The van der Waals surface area contributed by atoms with Crippen molar-refractivity contribution in [3.05, 3.63) is 36.5 Å². The lowest BCUT2D eigenvalue weighted by Crippen LogP contribution is -2.48. The number of anilines is 1. The molecule has 1 saturated carbocycles. The highest BCUT2D eigenvalue weighted by atomic mass is 16.2. The Morgan fingerprint density at radius 3 is 2.80 bits per heavy atom. The van der Waals surface area contributed by atoms with Crippen molar-refractivity contribution in [2.24, 2.45) is 5.73 Å². The van der Waals surface area contributed by atoms with Gasteiger partial charge in [-0.3, -0.25) is 9.89 Å². The zero-order valence-electron chi connectivity index (χ0n) is 11.2. The molecule has 1 aliphatic rings. The summed E-state index contributed by atoms with van der Waals surface area (Å²) in [7, 11) is 0. The second kappa shape index (κ2) is 5.09. The molecule has 1 aromatic heterocycles. The molecule has 0 bridgehead atoms. The van der Waals surface area contributed by atoms with Gasteiger partial charge in [0.1, 0.15) is 0 Å². The van der Waals surface area contributed by atoms with Crippen LogP contribution in [0.1, 0.15) is 25.7 Å². The van der Waals surface area contributed by atoms with Crippen molar-refractivity contribution in [1.82, 2.24) is 10.2 Å². The lowest BCUT2D eigenvalue weighted by Gasteiger charge is -2.22. The molecule has 2 aromatic rings. The van der Waals surface area contributed by atoms with Crippen LogP contribution in [-0.4, -0.2) is 21.6 Å². The Labute approximate surface area is 117 Å². The maximum absolute atomic E-state index is 12.3. The number of nitrogens with zero attached hydrogens (tertiary/aromatic N) is 1. The van der Waals surface area contributed by atoms with Crippen LogP contribution in [0.15, 0.2) is 36.5 Å². The summed E-state index contributed by atoms with van der Waals surface area (Å²) in [6, 6.07) is 9.56. The quantitative estimate of drug-likeness (QED) is 0.800. The van der Waals surface area contributed by atoms with E-state index < -0.39 is 5.54 Å². The number of benzene rings is 1. The third-order valence-electron chi connectivity index (χ3n) is 3.88. The molecule has 1 fully saturated rings. The molecular formula is C15H18N4O. The summed E-state index contributed by atoms with van der Waals surface area (Å²) in [6.07, 6.45) is 5.28. The van der Waals surface area contributed by atoms with Gasteiger partial charge >= 0.3 is 0 Å². The molecule has 5 nitrogen and oxygen atoms in total. The lowest BCUT2D eigenvalue weighted by molar-refractivity contribution is -0.121. The number of nitrogens with two attached hydrogens (primary N) is 1. The van der Waals surface area contributed by atoms with E-state index in [1.807, 2.05) is 30.3 Å². The molecule has 0 radical (unpaired) electrons. The van der Waals surface area contributed by atoms with Crippen molar-refractivity contribution in [2.45, 2.75) is 31.2 Å². The Morgan fingerprint density at radius 2 is 2.10 bits per heavy atom. The maximum atomic E-state index is 12.3. The fourth-order valence-corrected chi connectivity index (χ4v) is 2.67. The summed E-state index contributed by atoms with van der Waals surface area (Å²) < 4.78 is 0. The van der Waals surface area contributed by atoms with Gasteiger partial charge in [0.05, 0.1) is 11.2 Å². The minimum absolute atomic E-state index is 0.0863. The van der Waals surface area contributed by atoms with Gasteiger partial charge < -0.3 is 11.1 Å². The van der Waals surface area contributed by atoms with Crippen molar-refractivity contribution in [1.29, 1.82) is 0 Å². The van der Waals surface area contributed by atoms with E-state index in [4.69, 9.17) is 5.73 Å². The zero-order valence-corrected chi connectivity index (χ0v) is 11.2. The predicted octanol–water partition coefficient (Wildman–Crippen LogP) is 2.29. The third kappa shape index (κ3) is 2.44. The van der Waals surface area contributed by atoms with Crippen LogP contribution in [0.2, 0.25) is 0 Å². The van der Waals surface area contributed by atoms with E-state index >= 15 is 0 Å². The Hall–Kier alpha value is -2.14. The van der Waals surface area contributed by atoms with Crippen molar-refractivity contribution < 1.29 is 4.79 Å². The van der Waals surface area contributed by atoms with Crippen molar-refractivity contribution in [3.63, 3.8) is 0 Å². The summed E-state index contributed by atoms with van der Waals surface area (Å²) in [5.74, 6) is -0.0863. The van der Waals surface area contributed by atoms with Crippen molar-refractivity contribution >= 4 is 11.6 Å². The monoisotopic (exact) mass is 270 g/mol. The van der Waals surface area contributed by atoms with E-state index in [0.717, 1.165) is 42.6 Å². The van der Waals surface area contributed by atoms with E-state index in [0.29, 0.717) is 0 Å². The number of nitrogens with one attached hydrogen (secondary N) is 2. The smallest absolute Gasteiger partial charge is 0.244 e. The molecule has 5 heteroatoms. The molecule has 104 valence electrons. The molecule has 0 saturated heterocycles. The largest absolute Gasteiger partial charge is 0.324 e. The minimum Gasteiger partial charge on any atom is -0.324 e. The summed E-state index contributed by atoms with van der Waals surface area (Å²) in [4.78, 5) is 12.3. The van der Waals surface area contributed by atoms with Gasteiger partial charge in [-0.05, 0) is 31.0 Å². The molecule has 1 aromatic carbocycles. The van der Waals surface area contributed by atoms with E-state index in [-0.39, 0.29) is 5.91 Å². The number of hydrogen-bond acceptors (Lipinski definition) is 3. The van der Waals surface area contributed by atoms with Gasteiger partial charge in [-0.2, -0.15) is 5.10 Å². The number of aromatic amines is 1. The topological polar surface area (TPSA) is 83.8 Å². The highest BCUT2D eigenvalue weighted by Gasteiger charge is 2.36. The van der Waals surface area contributed by atoms with Crippen LogP contribution in [0.4, 0.5) is 5.69 Å². The molecule has 4 N–H and O–H groups in total. The highest BCUT2D eigenvalue weighted by Crippen LogP contribution is 2.29. The number of H-pyrrole nitrogens is 1. The van der Waals surface area contributed by atoms with Crippen molar-refractivity contribution in [3.8, 4) is 11.3 Å². The molecule has 1 heterocycles. The van der Waals surface area contributed by atoms with E-state index in [1.165, 1.54) is 0 Å². The number of hydrogen-bond donors (Lipinski definition) is 3. The molecule has 20 heavy (non-hydrogen) atoms. The average molecular weight is 270 g/mol. The van der Waals surface area contributed by atoms with Gasteiger partial charge in [0.15, 0.2) is 0 Å². The van der Waals surface area contributed by atoms with Crippen LogP contribution in [0, 0.1) is 0 Å². The fraction of sp³-hybridized carbons (Fsp3) is 0.333. The first kappa shape index (κ1) is 12.9. The first-order chi connectivity index (χ1) is 9.67. The summed E-state index contributed by atoms with van der Waals surface area (Å²) >= 11 is 0. The van der Waals surface area contributed by atoms with Crippen molar-refractivity contribution in [2.75, 3.05) is 5.32 Å².